The van der Waals surface area contributed by atoms with Gasteiger partial charge in [0.05, 0.1) is 19.9 Å². The minimum Gasteiger partial charge on any atom is -0.496 e. The molecule has 0 spiro atoms. The Kier molecular flexibility index (Phi) is 6.73. The van der Waals surface area contributed by atoms with Crippen LogP contribution in [0.25, 0.3) is 11.1 Å². The molecule has 0 aliphatic heterocycles. The lowest BCUT2D eigenvalue weighted by Gasteiger charge is -2.13. The Hall–Kier alpha value is -3.05. The first kappa shape index (κ1) is 20.7. The van der Waals surface area contributed by atoms with Gasteiger partial charge in [0.15, 0.2) is 0 Å². The molecule has 3 rings (SSSR count). The summed E-state index contributed by atoms with van der Waals surface area (Å²) in [6, 6.07) is 14.1. The molecular formula is C24H29N3O2. The van der Waals surface area contributed by atoms with Crippen molar-refractivity contribution in [3.05, 3.63) is 71.5 Å². The van der Waals surface area contributed by atoms with Gasteiger partial charge in [-0.3, -0.25) is 4.98 Å². The predicted octanol–water partition coefficient (Wildman–Crippen LogP) is 4.68. The molecule has 2 aromatic carbocycles. The average molecular weight is 392 g/mol. The van der Waals surface area contributed by atoms with E-state index in [4.69, 9.17) is 20.9 Å². The minimum atomic E-state index is -0.121. The number of benzene rings is 2. The molecule has 5 heteroatoms. The fourth-order valence-corrected chi connectivity index (χ4v) is 3.37. The van der Waals surface area contributed by atoms with Gasteiger partial charge in [0, 0.05) is 23.5 Å². The summed E-state index contributed by atoms with van der Waals surface area (Å²) in [5.41, 5.74) is 18.1. The number of nitrogens with two attached hydrogens (primary N) is 2. The summed E-state index contributed by atoms with van der Waals surface area (Å²) >= 11 is 0. The fraction of sp³-hybridized carbons (Fsp3) is 0.292. The number of hydrogen-bond acceptors (Lipinski definition) is 5. The molecule has 1 heterocycles. The molecule has 3 aromatic rings. The largest absolute Gasteiger partial charge is 0.496 e. The second-order valence-corrected chi connectivity index (χ2v) is 7.30. The lowest BCUT2D eigenvalue weighted by molar-refractivity contribution is 0.310. The molecule has 1 aromatic heterocycles. The highest BCUT2D eigenvalue weighted by Gasteiger charge is 2.08. The first-order valence-corrected chi connectivity index (χ1v) is 9.84. The van der Waals surface area contributed by atoms with Crippen molar-refractivity contribution in [2.45, 2.75) is 32.7 Å². The van der Waals surface area contributed by atoms with Crippen LogP contribution in [-0.2, 0) is 6.42 Å². The normalized spacial score (nSPS) is 11.9. The molecule has 0 aliphatic rings. The van der Waals surface area contributed by atoms with Crippen LogP contribution < -0.4 is 20.9 Å². The molecule has 0 saturated heterocycles. The molecular weight excluding hydrogens is 362 g/mol. The molecule has 0 fully saturated rings. The van der Waals surface area contributed by atoms with Crippen LogP contribution >= 0.6 is 0 Å². The Morgan fingerprint density at radius 1 is 1.03 bits per heavy atom. The van der Waals surface area contributed by atoms with Crippen LogP contribution in [0.1, 0.15) is 36.1 Å². The van der Waals surface area contributed by atoms with E-state index < -0.39 is 0 Å². The third kappa shape index (κ3) is 5.27. The molecule has 0 amide bonds. The summed E-state index contributed by atoms with van der Waals surface area (Å²) in [5, 5.41) is 0. The van der Waals surface area contributed by atoms with Crippen LogP contribution in [-0.4, -0.2) is 18.7 Å². The number of aromatic nitrogens is 1. The van der Waals surface area contributed by atoms with E-state index in [0.717, 1.165) is 46.6 Å². The number of rotatable bonds is 8. The van der Waals surface area contributed by atoms with Crippen molar-refractivity contribution in [3.63, 3.8) is 0 Å². The molecule has 5 nitrogen and oxygen atoms in total. The minimum absolute atomic E-state index is 0.121. The maximum absolute atomic E-state index is 6.03. The number of pyridine rings is 1. The number of nitrogen functional groups attached to an aromatic ring is 1. The SMILES string of the molecule is COc1ccc(CCCOc2cncc(-c3ccc(N)c(C(C)N)c3)c2)cc1C. The van der Waals surface area contributed by atoms with Gasteiger partial charge in [-0.1, -0.05) is 18.2 Å². The van der Waals surface area contributed by atoms with Crippen molar-refractivity contribution in [1.29, 1.82) is 0 Å². The predicted molar refractivity (Wildman–Crippen MR) is 118 cm³/mol. The van der Waals surface area contributed by atoms with Crippen molar-refractivity contribution in [3.8, 4) is 22.6 Å². The smallest absolute Gasteiger partial charge is 0.138 e. The van der Waals surface area contributed by atoms with Gasteiger partial charge >= 0.3 is 0 Å². The summed E-state index contributed by atoms with van der Waals surface area (Å²) in [5.74, 6) is 1.68. The van der Waals surface area contributed by atoms with E-state index in [0.29, 0.717) is 12.3 Å². The number of anilines is 1. The quantitative estimate of drug-likeness (QED) is 0.430. The summed E-state index contributed by atoms with van der Waals surface area (Å²) in [6.07, 6.45) is 5.44. The van der Waals surface area contributed by atoms with Crippen LogP contribution in [0.2, 0.25) is 0 Å². The van der Waals surface area contributed by atoms with E-state index in [1.165, 1.54) is 5.56 Å². The summed E-state index contributed by atoms with van der Waals surface area (Å²) in [6.45, 7) is 4.62. The van der Waals surface area contributed by atoms with E-state index >= 15 is 0 Å². The first-order chi connectivity index (χ1) is 14.0. The van der Waals surface area contributed by atoms with E-state index in [1.54, 1.807) is 13.3 Å². The zero-order valence-electron chi connectivity index (χ0n) is 17.3. The molecule has 0 aliphatic carbocycles. The van der Waals surface area contributed by atoms with Gasteiger partial charge in [-0.2, -0.15) is 0 Å². The topological polar surface area (TPSA) is 83.4 Å². The molecule has 152 valence electrons. The van der Waals surface area contributed by atoms with Gasteiger partial charge in [-0.15, -0.1) is 0 Å². The van der Waals surface area contributed by atoms with E-state index in [1.807, 2.05) is 43.5 Å². The van der Waals surface area contributed by atoms with Gasteiger partial charge in [0.25, 0.3) is 0 Å². The second kappa shape index (κ2) is 9.43. The van der Waals surface area contributed by atoms with Gasteiger partial charge < -0.3 is 20.9 Å². The van der Waals surface area contributed by atoms with Crippen LogP contribution in [0.3, 0.4) is 0 Å². The average Bonchev–Trinajstić information content (AvgIpc) is 2.72. The highest BCUT2D eigenvalue weighted by molar-refractivity contribution is 5.68. The highest BCUT2D eigenvalue weighted by atomic mass is 16.5. The number of nitrogens with zero attached hydrogens (tertiary/aromatic N) is 1. The fourth-order valence-electron chi connectivity index (χ4n) is 3.37. The Morgan fingerprint density at radius 3 is 2.59 bits per heavy atom. The van der Waals surface area contributed by atoms with Crippen molar-refractivity contribution in [2.24, 2.45) is 5.73 Å². The third-order valence-corrected chi connectivity index (χ3v) is 4.96. The van der Waals surface area contributed by atoms with E-state index in [9.17, 15) is 0 Å². The standard InChI is InChI=1S/C24H29N3O2/c1-16-11-18(6-9-24(16)28-3)5-4-10-29-21-12-20(14-27-15-21)19-7-8-23(26)22(13-19)17(2)25/h6-9,11-15,17H,4-5,10,25-26H2,1-3H3. The Labute approximate surface area is 172 Å². The Balaban J connectivity index is 1.60. The van der Waals surface area contributed by atoms with Crippen LogP contribution in [0.5, 0.6) is 11.5 Å². The van der Waals surface area contributed by atoms with Gasteiger partial charge in [0.2, 0.25) is 0 Å². The lowest BCUT2D eigenvalue weighted by atomic mass is 10.00. The second-order valence-electron chi connectivity index (χ2n) is 7.30. The summed E-state index contributed by atoms with van der Waals surface area (Å²) < 4.78 is 11.2. The summed E-state index contributed by atoms with van der Waals surface area (Å²) in [7, 11) is 1.69. The maximum Gasteiger partial charge on any atom is 0.138 e. The van der Waals surface area contributed by atoms with Gasteiger partial charge in [-0.05, 0) is 73.2 Å². The molecule has 4 N–H and O–H groups in total. The van der Waals surface area contributed by atoms with Crippen molar-refractivity contribution >= 4 is 5.69 Å². The van der Waals surface area contributed by atoms with E-state index in [2.05, 4.69) is 24.0 Å². The van der Waals surface area contributed by atoms with Crippen LogP contribution in [0.15, 0.2) is 54.9 Å². The lowest BCUT2D eigenvalue weighted by Crippen LogP contribution is -2.08. The van der Waals surface area contributed by atoms with E-state index in [-0.39, 0.29) is 6.04 Å². The summed E-state index contributed by atoms with van der Waals surface area (Å²) in [4.78, 5) is 4.32. The Morgan fingerprint density at radius 2 is 1.86 bits per heavy atom. The van der Waals surface area contributed by atoms with Gasteiger partial charge in [0.1, 0.15) is 11.5 Å². The van der Waals surface area contributed by atoms with Crippen molar-refractivity contribution < 1.29 is 9.47 Å². The molecule has 0 radical (unpaired) electrons. The molecule has 1 atom stereocenters. The highest BCUT2D eigenvalue weighted by Crippen LogP contribution is 2.28. The monoisotopic (exact) mass is 391 g/mol. The molecule has 0 bridgehead atoms. The van der Waals surface area contributed by atoms with Gasteiger partial charge in [-0.25, -0.2) is 0 Å². The molecule has 29 heavy (non-hydrogen) atoms. The van der Waals surface area contributed by atoms with Crippen LogP contribution in [0, 0.1) is 6.92 Å². The molecule has 0 saturated carbocycles. The van der Waals surface area contributed by atoms with Crippen molar-refractivity contribution in [2.75, 3.05) is 19.5 Å². The zero-order chi connectivity index (χ0) is 20.8. The Bertz CT molecular complexity index is 970. The van der Waals surface area contributed by atoms with Crippen LogP contribution in [0.4, 0.5) is 5.69 Å². The molecule has 1 unspecified atom stereocenters. The van der Waals surface area contributed by atoms with Crippen molar-refractivity contribution in [1.82, 2.24) is 4.98 Å². The number of methoxy groups -OCH3 is 1. The number of ether oxygens (including phenoxy) is 2. The number of aryl methyl sites for hydroxylation is 2. The zero-order valence-corrected chi connectivity index (χ0v) is 17.3. The number of hydrogen-bond donors (Lipinski definition) is 2. The maximum atomic E-state index is 6.03. The third-order valence-electron chi connectivity index (χ3n) is 4.96. The first-order valence-electron chi connectivity index (χ1n) is 9.84.